The van der Waals surface area contributed by atoms with Gasteiger partial charge < -0.3 is 9.84 Å². The summed E-state index contributed by atoms with van der Waals surface area (Å²) in [7, 11) is 0. The highest BCUT2D eigenvalue weighted by Gasteiger charge is 2.24. The molecule has 5 heteroatoms. The van der Waals surface area contributed by atoms with Crippen molar-refractivity contribution >= 4 is 11.6 Å². The molecule has 98 valence electrons. The first-order chi connectivity index (χ1) is 9.25. The third kappa shape index (κ3) is 2.23. The standard InChI is InChI=1S/C14H13FN2O2/c15-10-6-2-3-7-11(10)16-14(18)13-9-5-1-4-8-12(9)19-17-13/h2-3,6-7H,1,4-5,8H2,(H,16,18). The maximum Gasteiger partial charge on any atom is 0.278 e. The number of nitrogens with zero attached hydrogens (tertiary/aromatic N) is 1. The van der Waals surface area contributed by atoms with Crippen LogP contribution >= 0.6 is 0 Å². The van der Waals surface area contributed by atoms with Gasteiger partial charge in [-0.05, 0) is 31.4 Å². The van der Waals surface area contributed by atoms with Crippen LogP contribution in [0.2, 0.25) is 0 Å². The number of halogens is 1. The number of amides is 1. The van der Waals surface area contributed by atoms with E-state index in [2.05, 4.69) is 10.5 Å². The van der Waals surface area contributed by atoms with Crippen LogP contribution in [0.1, 0.15) is 34.7 Å². The van der Waals surface area contributed by atoms with Crippen LogP contribution in [0.4, 0.5) is 10.1 Å². The van der Waals surface area contributed by atoms with Crippen molar-refractivity contribution in [2.24, 2.45) is 0 Å². The van der Waals surface area contributed by atoms with E-state index in [-0.39, 0.29) is 11.4 Å². The second kappa shape index (κ2) is 4.84. The van der Waals surface area contributed by atoms with E-state index >= 15 is 0 Å². The van der Waals surface area contributed by atoms with Crippen molar-refractivity contribution in [3.8, 4) is 0 Å². The van der Waals surface area contributed by atoms with Crippen molar-refractivity contribution in [2.45, 2.75) is 25.7 Å². The van der Waals surface area contributed by atoms with Gasteiger partial charge in [0.1, 0.15) is 11.6 Å². The fraction of sp³-hybridized carbons (Fsp3) is 0.286. The van der Waals surface area contributed by atoms with Crippen LogP contribution in [0.3, 0.4) is 0 Å². The van der Waals surface area contributed by atoms with Gasteiger partial charge in [0.05, 0.1) is 5.69 Å². The number of carbonyl (C=O) groups is 1. The molecule has 0 aliphatic heterocycles. The summed E-state index contributed by atoms with van der Waals surface area (Å²) in [6, 6.07) is 6.05. The van der Waals surface area contributed by atoms with Crippen molar-refractivity contribution in [1.29, 1.82) is 0 Å². The lowest BCUT2D eigenvalue weighted by Crippen LogP contribution is -2.16. The summed E-state index contributed by atoms with van der Waals surface area (Å²) in [5, 5.41) is 6.34. The van der Waals surface area contributed by atoms with Gasteiger partial charge in [-0.1, -0.05) is 17.3 Å². The molecule has 2 aromatic rings. The predicted octanol–water partition coefficient (Wildman–Crippen LogP) is 2.94. The molecule has 1 heterocycles. The van der Waals surface area contributed by atoms with E-state index < -0.39 is 11.7 Å². The van der Waals surface area contributed by atoms with Gasteiger partial charge >= 0.3 is 0 Å². The Hall–Kier alpha value is -2.17. The number of aromatic nitrogens is 1. The molecular weight excluding hydrogens is 247 g/mol. The predicted molar refractivity (Wildman–Crippen MR) is 67.5 cm³/mol. The number of nitrogens with one attached hydrogen (secondary N) is 1. The fourth-order valence-corrected chi connectivity index (χ4v) is 2.31. The van der Waals surface area contributed by atoms with Crippen molar-refractivity contribution in [3.05, 3.63) is 47.1 Å². The molecule has 0 bridgehead atoms. The summed E-state index contributed by atoms with van der Waals surface area (Å²) in [5.74, 6) is -0.102. The molecular formula is C14H13FN2O2. The molecule has 1 aliphatic rings. The number of hydrogen-bond acceptors (Lipinski definition) is 3. The van der Waals surface area contributed by atoms with Crippen molar-refractivity contribution in [2.75, 3.05) is 5.32 Å². The lowest BCUT2D eigenvalue weighted by Gasteiger charge is -2.09. The second-order valence-corrected chi connectivity index (χ2v) is 4.57. The Balaban J connectivity index is 1.85. The van der Waals surface area contributed by atoms with E-state index in [1.165, 1.54) is 12.1 Å². The van der Waals surface area contributed by atoms with Crippen LogP contribution < -0.4 is 5.32 Å². The minimum absolute atomic E-state index is 0.153. The Kier molecular flexibility index (Phi) is 3.03. The first kappa shape index (κ1) is 11.9. The van der Waals surface area contributed by atoms with Gasteiger partial charge in [0, 0.05) is 12.0 Å². The molecule has 1 aliphatic carbocycles. The number of anilines is 1. The summed E-state index contributed by atoms with van der Waals surface area (Å²) in [4.78, 5) is 12.1. The zero-order valence-corrected chi connectivity index (χ0v) is 10.3. The quantitative estimate of drug-likeness (QED) is 0.903. The lowest BCUT2D eigenvalue weighted by molar-refractivity contribution is 0.101. The topological polar surface area (TPSA) is 55.1 Å². The van der Waals surface area contributed by atoms with E-state index in [1.807, 2.05) is 0 Å². The van der Waals surface area contributed by atoms with Crippen LogP contribution in [0, 0.1) is 5.82 Å². The molecule has 3 rings (SSSR count). The maximum absolute atomic E-state index is 13.5. The van der Waals surface area contributed by atoms with Gasteiger partial charge in [-0.3, -0.25) is 4.79 Å². The second-order valence-electron chi connectivity index (χ2n) is 4.57. The molecule has 0 spiro atoms. The fourth-order valence-electron chi connectivity index (χ4n) is 2.31. The Morgan fingerprint density at radius 2 is 2.05 bits per heavy atom. The third-order valence-electron chi connectivity index (χ3n) is 3.29. The molecule has 0 atom stereocenters. The molecule has 0 saturated carbocycles. The molecule has 4 nitrogen and oxygen atoms in total. The molecule has 0 radical (unpaired) electrons. The summed E-state index contributed by atoms with van der Waals surface area (Å²) in [5.41, 5.74) is 1.29. The average Bonchev–Trinajstić information content (AvgIpc) is 2.85. The number of benzene rings is 1. The molecule has 1 aromatic heterocycles. The van der Waals surface area contributed by atoms with Gasteiger partial charge in [-0.2, -0.15) is 0 Å². The smallest absolute Gasteiger partial charge is 0.278 e. The van der Waals surface area contributed by atoms with Gasteiger partial charge in [0.2, 0.25) is 0 Å². The molecule has 0 saturated heterocycles. The average molecular weight is 260 g/mol. The van der Waals surface area contributed by atoms with Crippen LogP contribution in [-0.2, 0) is 12.8 Å². The summed E-state index contributed by atoms with van der Waals surface area (Å²) >= 11 is 0. The summed E-state index contributed by atoms with van der Waals surface area (Å²) in [6.07, 6.45) is 3.68. The molecule has 0 fully saturated rings. The van der Waals surface area contributed by atoms with Crippen molar-refractivity contribution in [3.63, 3.8) is 0 Å². The summed E-state index contributed by atoms with van der Waals surface area (Å²) in [6.45, 7) is 0. The van der Waals surface area contributed by atoms with Crippen LogP contribution in [0.5, 0.6) is 0 Å². The number of hydrogen-bond donors (Lipinski definition) is 1. The van der Waals surface area contributed by atoms with Crippen LogP contribution in [0.15, 0.2) is 28.8 Å². The highest BCUT2D eigenvalue weighted by Crippen LogP contribution is 2.25. The van der Waals surface area contributed by atoms with Gasteiger partial charge in [0.15, 0.2) is 5.69 Å². The number of para-hydroxylation sites is 1. The number of carbonyl (C=O) groups excluding carboxylic acids is 1. The summed E-state index contributed by atoms with van der Waals surface area (Å²) < 4.78 is 18.6. The van der Waals surface area contributed by atoms with Gasteiger partial charge in [-0.25, -0.2) is 4.39 Å². The minimum Gasteiger partial charge on any atom is -0.360 e. The number of aryl methyl sites for hydroxylation is 1. The minimum atomic E-state index is -0.465. The van der Waals surface area contributed by atoms with E-state index in [9.17, 15) is 9.18 Å². The van der Waals surface area contributed by atoms with Gasteiger partial charge in [0.25, 0.3) is 5.91 Å². The van der Waals surface area contributed by atoms with Crippen molar-refractivity contribution < 1.29 is 13.7 Å². The molecule has 19 heavy (non-hydrogen) atoms. The highest BCUT2D eigenvalue weighted by molar-refractivity contribution is 6.04. The molecule has 1 amide bonds. The molecule has 1 N–H and O–H groups in total. The molecule has 0 unspecified atom stereocenters. The Labute approximate surface area is 109 Å². The van der Waals surface area contributed by atoms with Crippen LogP contribution in [-0.4, -0.2) is 11.1 Å². The lowest BCUT2D eigenvalue weighted by atomic mass is 9.96. The Bertz CT molecular complexity index is 622. The zero-order valence-electron chi connectivity index (χ0n) is 10.3. The number of rotatable bonds is 2. The van der Waals surface area contributed by atoms with Gasteiger partial charge in [-0.15, -0.1) is 0 Å². The maximum atomic E-state index is 13.5. The zero-order chi connectivity index (χ0) is 13.2. The normalized spacial score (nSPS) is 13.9. The SMILES string of the molecule is O=C(Nc1ccccc1F)c1noc2c1CCCC2. The Morgan fingerprint density at radius 1 is 1.26 bits per heavy atom. The number of fused-ring (bicyclic) bond motifs is 1. The van der Waals surface area contributed by atoms with E-state index in [4.69, 9.17) is 4.52 Å². The Morgan fingerprint density at radius 3 is 2.89 bits per heavy atom. The monoisotopic (exact) mass is 260 g/mol. The third-order valence-corrected chi connectivity index (χ3v) is 3.29. The van der Waals surface area contributed by atoms with Crippen molar-refractivity contribution in [1.82, 2.24) is 5.16 Å². The van der Waals surface area contributed by atoms with E-state index in [0.717, 1.165) is 37.0 Å². The van der Waals surface area contributed by atoms with E-state index in [1.54, 1.807) is 12.1 Å². The van der Waals surface area contributed by atoms with Crippen LogP contribution in [0.25, 0.3) is 0 Å². The first-order valence-electron chi connectivity index (χ1n) is 6.29. The highest BCUT2D eigenvalue weighted by atomic mass is 19.1. The first-order valence-corrected chi connectivity index (χ1v) is 6.29. The largest absolute Gasteiger partial charge is 0.360 e. The van der Waals surface area contributed by atoms with E-state index in [0.29, 0.717) is 0 Å². The molecule has 1 aromatic carbocycles.